The lowest BCUT2D eigenvalue weighted by molar-refractivity contribution is 0.583. The van der Waals surface area contributed by atoms with E-state index in [1.165, 1.54) is 6.42 Å². The summed E-state index contributed by atoms with van der Waals surface area (Å²) in [6, 6.07) is 4.01. The predicted octanol–water partition coefficient (Wildman–Crippen LogP) is 2.85. The molecule has 3 nitrogen and oxygen atoms in total. The highest BCUT2D eigenvalue weighted by molar-refractivity contribution is 5.15. The summed E-state index contributed by atoms with van der Waals surface area (Å²) in [4.78, 5) is 12.3. The fraction of sp³-hybridized carbons (Fsp3) is 0.667. The van der Waals surface area contributed by atoms with Gasteiger partial charge in [-0.15, -0.1) is 0 Å². The molecule has 0 saturated heterocycles. The Morgan fingerprint density at radius 3 is 2.56 bits per heavy atom. The van der Waals surface area contributed by atoms with Crippen molar-refractivity contribution in [3.63, 3.8) is 0 Å². The summed E-state index contributed by atoms with van der Waals surface area (Å²) in [6.07, 6.45) is 4.52. The Kier molecular flexibility index (Phi) is 6.73. The molecular weight excluding hydrogens is 224 g/mol. The van der Waals surface area contributed by atoms with E-state index in [1.54, 1.807) is 0 Å². The molecule has 18 heavy (non-hydrogen) atoms. The van der Waals surface area contributed by atoms with Gasteiger partial charge in [-0.25, -0.2) is 0 Å². The van der Waals surface area contributed by atoms with Crippen LogP contribution >= 0.6 is 0 Å². The van der Waals surface area contributed by atoms with Crippen molar-refractivity contribution in [3.05, 3.63) is 33.7 Å². The molecule has 3 heteroatoms. The number of pyridine rings is 1. The second kappa shape index (κ2) is 8.09. The van der Waals surface area contributed by atoms with Gasteiger partial charge < -0.3 is 9.88 Å². The first-order valence-electron chi connectivity index (χ1n) is 7.10. The van der Waals surface area contributed by atoms with Crippen molar-refractivity contribution >= 4 is 0 Å². The molecule has 0 aliphatic rings. The Hall–Kier alpha value is -1.09. The molecular formula is C15H26N2O. The van der Waals surface area contributed by atoms with E-state index in [1.807, 2.05) is 23.6 Å². The number of aromatic nitrogens is 1. The van der Waals surface area contributed by atoms with Crippen LogP contribution < -0.4 is 10.9 Å². The van der Waals surface area contributed by atoms with Crippen LogP contribution in [0.25, 0.3) is 0 Å². The molecule has 1 heterocycles. The lowest BCUT2D eigenvalue weighted by Crippen LogP contribution is -2.28. The average molecular weight is 250 g/mol. The van der Waals surface area contributed by atoms with E-state index < -0.39 is 0 Å². The zero-order valence-corrected chi connectivity index (χ0v) is 12.0. The molecule has 0 saturated carbocycles. The van der Waals surface area contributed by atoms with Crippen molar-refractivity contribution in [2.24, 2.45) is 0 Å². The average Bonchev–Trinajstić information content (AvgIpc) is 2.37. The molecule has 0 unspecified atom stereocenters. The first-order chi connectivity index (χ1) is 8.70. The Morgan fingerprint density at radius 2 is 1.89 bits per heavy atom. The van der Waals surface area contributed by atoms with Crippen LogP contribution in [0, 0.1) is 6.92 Å². The summed E-state index contributed by atoms with van der Waals surface area (Å²) < 4.78 is 1.90. The zero-order chi connectivity index (χ0) is 13.4. The lowest BCUT2D eigenvalue weighted by atomic mass is 10.2. The van der Waals surface area contributed by atoms with E-state index in [4.69, 9.17) is 0 Å². The van der Waals surface area contributed by atoms with Gasteiger partial charge in [0.1, 0.15) is 0 Å². The number of rotatable bonds is 8. The first kappa shape index (κ1) is 15.0. The van der Waals surface area contributed by atoms with Crippen molar-refractivity contribution in [1.82, 2.24) is 9.88 Å². The minimum absolute atomic E-state index is 0.174. The van der Waals surface area contributed by atoms with Gasteiger partial charge in [-0.2, -0.15) is 0 Å². The van der Waals surface area contributed by atoms with Gasteiger partial charge in [0, 0.05) is 24.3 Å². The molecule has 1 aromatic heterocycles. The van der Waals surface area contributed by atoms with Crippen LogP contribution in [0.15, 0.2) is 16.9 Å². The Bertz CT molecular complexity index is 409. The van der Waals surface area contributed by atoms with Crippen LogP contribution in [0.5, 0.6) is 0 Å². The van der Waals surface area contributed by atoms with E-state index in [2.05, 4.69) is 19.2 Å². The molecule has 0 radical (unpaired) electrons. The summed E-state index contributed by atoms with van der Waals surface area (Å²) in [6.45, 7) is 8.83. The molecule has 0 aliphatic carbocycles. The maximum atomic E-state index is 12.3. The van der Waals surface area contributed by atoms with E-state index in [9.17, 15) is 4.79 Å². The van der Waals surface area contributed by atoms with E-state index in [0.29, 0.717) is 6.54 Å². The second-order valence-electron chi connectivity index (χ2n) is 4.84. The van der Waals surface area contributed by atoms with E-state index in [-0.39, 0.29) is 5.56 Å². The van der Waals surface area contributed by atoms with Crippen LogP contribution in [0.2, 0.25) is 0 Å². The molecule has 1 N–H and O–H groups in total. The third kappa shape index (κ3) is 4.30. The Balaban J connectivity index is 2.71. The summed E-state index contributed by atoms with van der Waals surface area (Å²) in [5, 5.41) is 3.33. The predicted molar refractivity (Wildman–Crippen MR) is 77.0 cm³/mol. The number of hydrogen-bond donors (Lipinski definition) is 1. The molecule has 0 spiro atoms. The fourth-order valence-corrected chi connectivity index (χ4v) is 1.97. The van der Waals surface area contributed by atoms with Crippen molar-refractivity contribution < 1.29 is 0 Å². The van der Waals surface area contributed by atoms with Crippen molar-refractivity contribution in [1.29, 1.82) is 0 Å². The molecule has 0 aliphatic heterocycles. The smallest absolute Gasteiger partial charge is 0.255 e. The van der Waals surface area contributed by atoms with E-state index >= 15 is 0 Å². The van der Waals surface area contributed by atoms with Crippen LogP contribution in [0.4, 0.5) is 0 Å². The zero-order valence-electron chi connectivity index (χ0n) is 12.0. The quantitative estimate of drug-likeness (QED) is 0.720. The van der Waals surface area contributed by atoms with Gasteiger partial charge in [0.05, 0.1) is 0 Å². The minimum Gasteiger partial charge on any atom is -0.313 e. The Labute approximate surface area is 110 Å². The van der Waals surface area contributed by atoms with Gasteiger partial charge in [-0.1, -0.05) is 32.8 Å². The second-order valence-corrected chi connectivity index (χ2v) is 4.84. The monoisotopic (exact) mass is 250 g/mol. The largest absolute Gasteiger partial charge is 0.313 e. The molecule has 0 fully saturated rings. The maximum Gasteiger partial charge on any atom is 0.255 e. The SMILES string of the molecule is CCCCNCc1ccc(C)n(CCCC)c1=O. The molecule has 0 bridgehead atoms. The topological polar surface area (TPSA) is 34.0 Å². The van der Waals surface area contributed by atoms with Crippen molar-refractivity contribution in [2.45, 2.75) is 59.5 Å². The molecule has 1 rings (SSSR count). The first-order valence-corrected chi connectivity index (χ1v) is 7.10. The van der Waals surface area contributed by atoms with Gasteiger partial charge in [0.25, 0.3) is 5.56 Å². The van der Waals surface area contributed by atoms with Crippen LogP contribution in [-0.4, -0.2) is 11.1 Å². The highest BCUT2D eigenvalue weighted by atomic mass is 16.1. The summed E-state index contributed by atoms with van der Waals surface area (Å²) in [5.74, 6) is 0. The summed E-state index contributed by atoms with van der Waals surface area (Å²) >= 11 is 0. The maximum absolute atomic E-state index is 12.3. The molecule has 0 atom stereocenters. The number of hydrogen-bond acceptors (Lipinski definition) is 2. The number of nitrogens with one attached hydrogen (secondary N) is 1. The fourth-order valence-electron chi connectivity index (χ4n) is 1.97. The molecule has 0 aromatic carbocycles. The van der Waals surface area contributed by atoms with Gasteiger partial charge in [0.15, 0.2) is 0 Å². The van der Waals surface area contributed by atoms with Gasteiger partial charge >= 0.3 is 0 Å². The molecule has 102 valence electrons. The highest BCUT2D eigenvalue weighted by Gasteiger charge is 2.05. The number of nitrogens with zero attached hydrogens (tertiary/aromatic N) is 1. The Morgan fingerprint density at radius 1 is 1.17 bits per heavy atom. The van der Waals surface area contributed by atoms with Gasteiger partial charge in [0.2, 0.25) is 0 Å². The highest BCUT2D eigenvalue weighted by Crippen LogP contribution is 2.01. The third-order valence-electron chi connectivity index (χ3n) is 3.23. The molecule has 1 aromatic rings. The number of aryl methyl sites for hydroxylation is 1. The minimum atomic E-state index is 0.174. The van der Waals surface area contributed by atoms with Gasteiger partial charge in [-0.3, -0.25) is 4.79 Å². The van der Waals surface area contributed by atoms with Crippen LogP contribution in [-0.2, 0) is 13.1 Å². The lowest BCUT2D eigenvalue weighted by Gasteiger charge is -2.12. The number of unbranched alkanes of at least 4 members (excludes halogenated alkanes) is 2. The van der Waals surface area contributed by atoms with Crippen LogP contribution in [0.1, 0.15) is 50.8 Å². The third-order valence-corrected chi connectivity index (χ3v) is 3.23. The summed E-state index contributed by atoms with van der Waals surface area (Å²) in [5.41, 5.74) is 2.12. The standard InChI is InChI=1S/C15H26N2O/c1-4-6-10-16-12-14-9-8-13(3)17(15(14)18)11-7-5-2/h8-9,16H,4-7,10-12H2,1-3H3. The van der Waals surface area contributed by atoms with Crippen molar-refractivity contribution in [2.75, 3.05) is 6.54 Å². The van der Waals surface area contributed by atoms with Gasteiger partial charge in [-0.05, 0) is 32.4 Å². The summed E-state index contributed by atoms with van der Waals surface area (Å²) in [7, 11) is 0. The normalized spacial score (nSPS) is 10.8. The molecule has 0 amide bonds. The van der Waals surface area contributed by atoms with Crippen LogP contribution in [0.3, 0.4) is 0 Å². The van der Waals surface area contributed by atoms with Crippen molar-refractivity contribution in [3.8, 4) is 0 Å². The van der Waals surface area contributed by atoms with E-state index in [0.717, 1.165) is 43.6 Å².